The molecule has 0 amide bonds. The van der Waals surface area contributed by atoms with Crippen molar-refractivity contribution in [2.45, 2.75) is 31.9 Å². The number of ether oxygens (including phenoxy) is 2. The van der Waals surface area contributed by atoms with E-state index in [0.29, 0.717) is 22.6 Å². The molecule has 1 saturated carbocycles. The molecule has 1 aromatic carbocycles. The summed E-state index contributed by atoms with van der Waals surface area (Å²) in [4.78, 5) is 15.1. The standard InChI is InChI=1S/C18H16ClN3O4/c19-12-4-5-15(25-13-2-1-3-13)11(8-12)10-22-17-14(9-21-22)16(6-7-20-17)26-18(23)24/h4-9,13H,1-3,10H2,(H,23,24). The van der Waals surface area contributed by atoms with Crippen molar-refractivity contribution in [1.29, 1.82) is 0 Å². The van der Waals surface area contributed by atoms with Crippen LogP contribution in [-0.2, 0) is 6.54 Å². The average Bonchev–Trinajstić information content (AvgIpc) is 2.96. The number of nitrogens with zero attached hydrogens (tertiary/aromatic N) is 3. The molecule has 0 aliphatic heterocycles. The Kier molecular flexibility index (Phi) is 4.38. The monoisotopic (exact) mass is 373 g/mol. The Balaban J connectivity index is 1.67. The third-order valence-corrected chi connectivity index (χ3v) is 4.62. The Morgan fingerprint density at radius 1 is 1.31 bits per heavy atom. The quantitative estimate of drug-likeness (QED) is 0.677. The number of aromatic nitrogens is 3. The first-order valence-electron chi connectivity index (χ1n) is 8.26. The minimum atomic E-state index is -1.38. The number of fused-ring (bicyclic) bond motifs is 1. The van der Waals surface area contributed by atoms with Crippen molar-refractivity contribution in [3.05, 3.63) is 47.2 Å². The largest absolute Gasteiger partial charge is 0.511 e. The fraction of sp³-hybridized carbons (Fsp3) is 0.278. The lowest BCUT2D eigenvalue weighted by Gasteiger charge is -2.27. The Hall–Kier alpha value is -2.80. The average molecular weight is 374 g/mol. The zero-order valence-corrected chi connectivity index (χ0v) is 14.5. The van der Waals surface area contributed by atoms with E-state index in [1.54, 1.807) is 10.7 Å². The molecule has 26 heavy (non-hydrogen) atoms. The first kappa shape index (κ1) is 16.7. The highest BCUT2D eigenvalue weighted by Gasteiger charge is 2.21. The minimum absolute atomic E-state index is 0.200. The molecule has 1 aliphatic rings. The van der Waals surface area contributed by atoms with Crippen molar-refractivity contribution < 1.29 is 19.4 Å². The van der Waals surface area contributed by atoms with Crippen molar-refractivity contribution in [3.63, 3.8) is 0 Å². The third kappa shape index (κ3) is 3.30. The molecule has 4 rings (SSSR count). The second-order valence-electron chi connectivity index (χ2n) is 6.14. The summed E-state index contributed by atoms with van der Waals surface area (Å²) in [7, 11) is 0. The molecule has 0 spiro atoms. The van der Waals surface area contributed by atoms with Gasteiger partial charge in [0.1, 0.15) is 11.5 Å². The predicted octanol–water partition coefficient (Wildman–Crippen LogP) is 4.12. The van der Waals surface area contributed by atoms with Crippen LogP contribution in [0.3, 0.4) is 0 Å². The van der Waals surface area contributed by atoms with Gasteiger partial charge in [-0.15, -0.1) is 0 Å². The molecule has 3 aromatic rings. The van der Waals surface area contributed by atoms with E-state index in [4.69, 9.17) is 26.2 Å². The Morgan fingerprint density at radius 2 is 2.15 bits per heavy atom. The molecule has 0 radical (unpaired) electrons. The van der Waals surface area contributed by atoms with Crippen LogP contribution in [0.2, 0.25) is 5.02 Å². The Morgan fingerprint density at radius 3 is 2.88 bits per heavy atom. The molecular weight excluding hydrogens is 358 g/mol. The molecule has 134 valence electrons. The maximum Gasteiger partial charge on any atom is 0.511 e. The number of hydrogen-bond donors (Lipinski definition) is 1. The van der Waals surface area contributed by atoms with Gasteiger partial charge in [-0.1, -0.05) is 11.6 Å². The summed E-state index contributed by atoms with van der Waals surface area (Å²) in [5, 5.41) is 14.3. The lowest BCUT2D eigenvalue weighted by Crippen LogP contribution is -2.25. The van der Waals surface area contributed by atoms with Gasteiger partial charge in [0, 0.05) is 22.8 Å². The number of carbonyl (C=O) groups is 1. The number of hydrogen-bond acceptors (Lipinski definition) is 5. The van der Waals surface area contributed by atoms with E-state index in [2.05, 4.69) is 10.1 Å². The molecule has 8 heteroatoms. The number of benzene rings is 1. The highest BCUT2D eigenvalue weighted by Crippen LogP contribution is 2.31. The molecule has 0 atom stereocenters. The predicted molar refractivity (Wildman–Crippen MR) is 95.0 cm³/mol. The van der Waals surface area contributed by atoms with Crippen molar-refractivity contribution in [3.8, 4) is 11.5 Å². The Bertz CT molecular complexity index is 968. The van der Waals surface area contributed by atoms with Crippen molar-refractivity contribution in [2.24, 2.45) is 0 Å². The second kappa shape index (κ2) is 6.84. The lowest BCUT2D eigenvalue weighted by atomic mass is 9.96. The molecular formula is C18H16ClN3O4. The summed E-state index contributed by atoms with van der Waals surface area (Å²) in [5.74, 6) is 0.978. The van der Waals surface area contributed by atoms with Crippen LogP contribution in [0.4, 0.5) is 4.79 Å². The third-order valence-electron chi connectivity index (χ3n) is 4.39. The number of pyridine rings is 1. The van der Waals surface area contributed by atoms with E-state index in [9.17, 15) is 4.79 Å². The molecule has 2 heterocycles. The molecule has 0 bridgehead atoms. The summed E-state index contributed by atoms with van der Waals surface area (Å²) in [6.07, 6.45) is 5.21. The fourth-order valence-corrected chi connectivity index (χ4v) is 3.06. The van der Waals surface area contributed by atoms with Crippen LogP contribution in [0, 0.1) is 0 Å². The van der Waals surface area contributed by atoms with Gasteiger partial charge in [0.15, 0.2) is 5.65 Å². The minimum Gasteiger partial charge on any atom is -0.490 e. The zero-order valence-electron chi connectivity index (χ0n) is 13.8. The molecule has 0 unspecified atom stereocenters. The molecule has 7 nitrogen and oxygen atoms in total. The van der Waals surface area contributed by atoms with Gasteiger partial charge in [-0.2, -0.15) is 5.10 Å². The van der Waals surface area contributed by atoms with Crippen LogP contribution in [0.5, 0.6) is 11.5 Å². The number of carboxylic acid groups (broad SMARTS) is 1. The van der Waals surface area contributed by atoms with Crippen LogP contribution in [0.25, 0.3) is 11.0 Å². The topological polar surface area (TPSA) is 86.5 Å². The number of rotatable bonds is 5. The molecule has 1 N–H and O–H groups in total. The zero-order chi connectivity index (χ0) is 18.1. The van der Waals surface area contributed by atoms with Crippen LogP contribution in [0.1, 0.15) is 24.8 Å². The number of halogens is 1. The van der Waals surface area contributed by atoms with Crippen molar-refractivity contribution >= 4 is 28.8 Å². The van der Waals surface area contributed by atoms with E-state index >= 15 is 0 Å². The van der Waals surface area contributed by atoms with E-state index in [1.165, 1.54) is 24.9 Å². The molecule has 2 aromatic heterocycles. The SMILES string of the molecule is O=C(O)Oc1ccnc2c1cnn2Cc1cc(Cl)ccc1OC1CCC1. The van der Waals surface area contributed by atoms with Gasteiger partial charge >= 0.3 is 6.16 Å². The summed E-state index contributed by atoms with van der Waals surface area (Å²) < 4.78 is 12.5. The van der Waals surface area contributed by atoms with Gasteiger partial charge in [0.25, 0.3) is 0 Å². The maximum atomic E-state index is 10.8. The van der Waals surface area contributed by atoms with Gasteiger partial charge in [0.2, 0.25) is 0 Å². The summed E-state index contributed by atoms with van der Waals surface area (Å²) in [5.41, 5.74) is 1.42. The van der Waals surface area contributed by atoms with Crippen molar-refractivity contribution in [1.82, 2.24) is 14.8 Å². The first-order valence-corrected chi connectivity index (χ1v) is 8.64. The van der Waals surface area contributed by atoms with Gasteiger partial charge in [-0.05, 0) is 37.5 Å². The van der Waals surface area contributed by atoms with Crippen LogP contribution in [0.15, 0.2) is 36.7 Å². The maximum absolute atomic E-state index is 10.8. The highest BCUT2D eigenvalue weighted by atomic mass is 35.5. The molecule has 1 fully saturated rings. The van der Waals surface area contributed by atoms with E-state index in [-0.39, 0.29) is 11.9 Å². The summed E-state index contributed by atoms with van der Waals surface area (Å²) in [6, 6.07) is 7.01. The van der Waals surface area contributed by atoms with Gasteiger partial charge in [-0.25, -0.2) is 14.5 Å². The van der Waals surface area contributed by atoms with E-state index in [1.807, 2.05) is 12.1 Å². The van der Waals surface area contributed by atoms with E-state index in [0.717, 1.165) is 24.2 Å². The lowest BCUT2D eigenvalue weighted by molar-refractivity contribution is 0.119. The highest BCUT2D eigenvalue weighted by molar-refractivity contribution is 6.30. The molecule has 1 aliphatic carbocycles. The summed E-state index contributed by atoms with van der Waals surface area (Å²) in [6.45, 7) is 0.398. The second-order valence-corrected chi connectivity index (χ2v) is 6.58. The molecule has 0 saturated heterocycles. The Labute approximate surface area is 154 Å². The summed E-state index contributed by atoms with van der Waals surface area (Å²) >= 11 is 6.16. The van der Waals surface area contributed by atoms with E-state index < -0.39 is 6.16 Å². The smallest absolute Gasteiger partial charge is 0.490 e. The van der Waals surface area contributed by atoms with Crippen LogP contribution >= 0.6 is 11.6 Å². The fourth-order valence-electron chi connectivity index (χ4n) is 2.87. The van der Waals surface area contributed by atoms with Gasteiger partial charge in [-0.3, -0.25) is 0 Å². The van der Waals surface area contributed by atoms with Crippen LogP contribution in [-0.4, -0.2) is 32.1 Å². The normalized spacial score (nSPS) is 14.2. The van der Waals surface area contributed by atoms with Crippen LogP contribution < -0.4 is 9.47 Å². The first-order chi connectivity index (χ1) is 12.6. The van der Waals surface area contributed by atoms with Gasteiger partial charge in [0.05, 0.1) is 24.2 Å². The van der Waals surface area contributed by atoms with Gasteiger partial charge < -0.3 is 14.6 Å². The van der Waals surface area contributed by atoms with Crippen molar-refractivity contribution in [2.75, 3.05) is 0 Å².